The van der Waals surface area contributed by atoms with E-state index in [1.165, 1.54) is 51.0 Å². The quantitative estimate of drug-likeness (QED) is 0.879. The lowest BCUT2D eigenvalue weighted by Gasteiger charge is -2.28. The molecule has 98 valence electrons. The van der Waals surface area contributed by atoms with Crippen LogP contribution in [0, 0.1) is 11.8 Å². The van der Waals surface area contributed by atoms with Crippen LogP contribution in [0.5, 0.6) is 0 Å². The topological polar surface area (TPSA) is 15.3 Å². The second kappa shape index (κ2) is 5.85. The Balaban J connectivity index is 1.52. The molecule has 0 radical (unpaired) electrons. The molecule has 1 aromatic rings. The number of benzene rings is 1. The van der Waals surface area contributed by atoms with Crippen LogP contribution < -0.4 is 5.32 Å². The van der Waals surface area contributed by atoms with E-state index in [0.29, 0.717) is 0 Å². The van der Waals surface area contributed by atoms with Crippen molar-refractivity contribution < 1.29 is 0 Å². The van der Waals surface area contributed by atoms with Gasteiger partial charge in [-0.2, -0.15) is 0 Å². The number of nitrogens with zero attached hydrogens (tertiary/aromatic N) is 1. The highest BCUT2D eigenvalue weighted by Crippen LogP contribution is 2.30. The normalized spacial score (nSPS) is 26.6. The molecule has 2 aliphatic heterocycles. The van der Waals surface area contributed by atoms with Crippen LogP contribution in [0.15, 0.2) is 30.3 Å². The van der Waals surface area contributed by atoms with Crippen LogP contribution in [0.4, 0.5) is 0 Å². The molecule has 1 aromatic carbocycles. The van der Waals surface area contributed by atoms with Crippen LogP contribution >= 0.6 is 0 Å². The molecule has 0 aliphatic carbocycles. The average molecular weight is 244 g/mol. The zero-order valence-corrected chi connectivity index (χ0v) is 11.1. The third-order valence-electron chi connectivity index (χ3n) is 4.61. The minimum atomic E-state index is 0.954. The maximum absolute atomic E-state index is 3.48. The Kier molecular flexibility index (Phi) is 3.96. The third kappa shape index (κ3) is 2.93. The van der Waals surface area contributed by atoms with Crippen molar-refractivity contribution in [1.29, 1.82) is 0 Å². The summed E-state index contributed by atoms with van der Waals surface area (Å²) in [5.74, 6) is 1.93. The van der Waals surface area contributed by atoms with E-state index in [4.69, 9.17) is 0 Å². The van der Waals surface area contributed by atoms with E-state index < -0.39 is 0 Å². The van der Waals surface area contributed by atoms with E-state index in [0.717, 1.165) is 18.4 Å². The van der Waals surface area contributed by atoms with Gasteiger partial charge in [-0.1, -0.05) is 30.3 Å². The van der Waals surface area contributed by atoms with Crippen molar-refractivity contribution in [3.63, 3.8) is 0 Å². The van der Waals surface area contributed by atoms with Crippen LogP contribution in [-0.4, -0.2) is 31.1 Å². The van der Waals surface area contributed by atoms with Crippen molar-refractivity contribution in [2.45, 2.75) is 25.8 Å². The monoisotopic (exact) mass is 244 g/mol. The van der Waals surface area contributed by atoms with E-state index in [1.54, 1.807) is 0 Å². The first-order valence-electron chi connectivity index (χ1n) is 7.39. The largest absolute Gasteiger partial charge is 0.317 e. The first kappa shape index (κ1) is 12.2. The minimum Gasteiger partial charge on any atom is -0.317 e. The molecule has 0 amide bonds. The van der Waals surface area contributed by atoms with Crippen molar-refractivity contribution in [2.75, 3.05) is 26.2 Å². The molecule has 2 saturated heterocycles. The van der Waals surface area contributed by atoms with Gasteiger partial charge in [-0.05, 0) is 56.3 Å². The molecule has 2 aliphatic rings. The minimum absolute atomic E-state index is 0.954. The summed E-state index contributed by atoms with van der Waals surface area (Å²) in [6, 6.07) is 10.9. The Labute approximate surface area is 110 Å². The average Bonchev–Trinajstić information content (AvgIpc) is 2.89. The van der Waals surface area contributed by atoms with E-state index >= 15 is 0 Å². The lowest BCUT2D eigenvalue weighted by atomic mass is 9.84. The zero-order chi connectivity index (χ0) is 12.2. The van der Waals surface area contributed by atoms with Gasteiger partial charge in [0.1, 0.15) is 0 Å². The van der Waals surface area contributed by atoms with Crippen LogP contribution in [0.2, 0.25) is 0 Å². The standard InChI is InChI=1S/C16H24N2/c1-2-4-14(5-3-1)12-18-11-8-16(13-18)15-6-9-17-10-7-15/h1-5,15-17H,6-13H2. The van der Waals surface area contributed by atoms with Gasteiger partial charge in [0.2, 0.25) is 0 Å². The molecule has 0 aromatic heterocycles. The first-order chi connectivity index (χ1) is 8.92. The Morgan fingerprint density at radius 1 is 1.00 bits per heavy atom. The maximum atomic E-state index is 3.48. The number of piperidine rings is 1. The SMILES string of the molecule is c1ccc(CN2CCC(C3CCNCC3)C2)cc1. The van der Waals surface area contributed by atoms with Crippen LogP contribution in [0.1, 0.15) is 24.8 Å². The highest BCUT2D eigenvalue weighted by Gasteiger charge is 2.29. The van der Waals surface area contributed by atoms with Crippen molar-refractivity contribution in [1.82, 2.24) is 10.2 Å². The highest BCUT2D eigenvalue weighted by molar-refractivity contribution is 5.14. The Hall–Kier alpha value is -0.860. The van der Waals surface area contributed by atoms with Gasteiger partial charge in [-0.25, -0.2) is 0 Å². The Morgan fingerprint density at radius 3 is 2.56 bits per heavy atom. The van der Waals surface area contributed by atoms with Crippen molar-refractivity contribution in [2.24, 2.45) is 11.8 Å². The molecule has 2 heteroatoms. The fourth-order valence-electron chi connectivity index (χ4n) is 3.55. The summed E-state index contributed by atoms with van der Waals surface area (Å²) in [7, 11) is 0. The van der Waals surface area contributed by atoms with Crippen LogP contribution in [-0.2, 0) is 6.54 Å². The van der Waals surface area contributed by atoms with Gasteiger partial charge in [0.15, 0.2) is 0 Å². The summed E-state index contributed by atoms with van der Waals surface area (Å²) in [6.07, 6.45) is 4.20. The van der Waals surface area contributed by atoms with Crippen molar-refractivity contribution in [3.8, 4) is 0 Å². The summed E-state index contributed by atoms with van der Waals surface area (Å²) >= 11 is 0. The van der Waals surface area contributed by atoms with Gasteiger partial charge in [-0.3, -0.25) is 4.90 Å². The summed E-state index contributed by atoms with van der Waals surface area (Å²) < 4.78 is 0. The molecular formula is C16H24N2. The smallest absolute Gasteiger partial charge is 0.0233 e. The van der Waals surface area contributed by atoms with Crippen molar-refractivity contribution in [3.05, 3.63) is 35.9 Å². The van der Waals surface area contributed by atoms with Crippen LogP contribution in [0.25, 0.3) is 0 Å². The number of likely N-dealkylation sites (tertiary alicyclic amines) is 1. The number of rotatable bonds is 3. The predicted molar refractivity (Wildman–Crippen MR) is 75.4 cm³/mol. The molecule has 0 spiro atoms. The van der Waals surface area contributed by atoms with E-state index in [2.05, 4.69) is 40.5 Å². The van der Waals surface area contributed by atoms with E-state index in [1.807, 2.05) is 0 Å². The molecule has 1 atom stereocenters. The molecule has 18 heavy (non-hydrogen) atoms. The number of hydrogen-bond acceptors (Lipinski definition) is 2. The third-order valence-corrected chi connectivity index (χ3v) is 4.61. The predicted octanol–water partition coefficient (Wildman–Crippen LogP) is 2.51. The number of nitrogens with one attached hydrogen (secondary N) is 1. The molecule has 2 nitrogen and oxygen atoms in total. The Morgan fingerprint density at radius 2 is 1.78 bits per heavy atom. The highest BCUT2D eigenvalue weighted by atomic mass is 15.1. The van der Waals surface area contributed by atoms with Gasteiger partial charge in [0.25, 0.3) is 0 Å². The summed E-state index contributed by atoms with van der Waals surface area (Å²) in [4.78, 5) is 2.64. The first-order valence-corrected chi connectivity index (χ1v) is 7.39. The fourth-order valence-corrected chi connectivity index (χ4v) is 3.55. The molecule has 0 saturated carbocycles. The molecule has 3 rings (SSSR count). The lowest BCUT2D eigenvalue weighted by Crippen LogP contribution is -2.32. The van der Waals surface area contributed by atoms with Gasteiger partial charge in [0, 0.05) is 13.1 Å². The molecule has 2 heterocycles. The second-order valence-electron chi connectivity index (χ2n) is 5.86. The molecular weight excluding hydrogens is 220 g/mol. The number of hydrogen-bond donors (Lipinski definition) is 1. The molecule has 2 fully saturated rings. The zero-order valence-electron chi connectivity index (χ0n) is 11.1. The second-order valence-corrected chi connectivity index (χ2v) is 5.86. The van der Waals surface area contributed by atoms with E-state index in [9.17, 15) is 0 Å². The molecule has 1 N–H and O–H groups in total. The maximum Gasteiger partial charge on any atom is 0.0233 e. The van der Waals surface area contributed by atoms with Gasteiger partial charge >= 0.3 is 0 Å². The summed E-state index contributed by atoms with van der Waals surface area (Å²) in [5.41, 5.74) is 1.46. The summed E-state index contributed by atoms with van der Waals surface area (Å²) in [5, 5.41) is 3.48. The fraction of sp³-hybridized carbons (Fsp3) is 0.625. The summed E-state index contributed by atoms with van der Waals surface area (Å²) in [6.45, 7) is 6.23. The molecule has 1 unspecified atom stereocenters. The Bertz CT molecular complexity index is 357. The lowest BCUT2D eigenvalue weighted by molar-refractivity contribution is 0.242. The van der Waals surface area contributed by atoms with Crippen LogP contribution in [0.3, 0.4) is 0 Å². The van der Waals surface area contributed by atoms with E-state index in [-0.39, 0.29) is 0 Å². The van der Waals surface area contributed by atoms with Gasteiger partial charge < -0.3 is 5.32 Å². The van der Waals surface area contributed by atoms with Crippen molar-refractivity contribution >= 4 is 0 Å². The molecule has 0 bridgehead atoms. The van der Waals surface area contributed by atoms with Gasteiger partial charge in [-0.15, -0.1) is 0 Å². The van der Waals surface area contributed by atoms with Gasteiger partial charge in [0.05, 0.1) is 0 Å².